The topological polar surface area (TPSA) is 61.8 Å². The summed E-state index contributed by atoms with van der Waals surface area (Å²) in [5.74, 6) is -0.722. The van der Waals surface area contributed by atoms with E-state index in [0.29, 0.717) is 12.2 Å². The second kappa shape index (κ2) is 9.41. The van der Waals surface area contributed by atoms with Gasteiger partial charge in [-0.3, -0.25) is 0 Å². The van der Waals surface area contributed by atoms with Crippen molar-refractivity contribution in [2.45, 2.75) is 25.9 Å². The SMILES string of the molecule is C=C(C)C(=O)OCC1CCCO1.C=CC(=O)OC. The smallest absolute Gasteiger partial charge is 0.333 e. The minimum absolute atomic E-state index is 0.105. The lowest BCUT2D eigenvalue weighted by atomic mass is 10.2. The van der Waals surface area contributed by atoms with Crippen LogP contribution in [0.5, 0.6) is 0 Å². The van der Waals surface area contributed by atoms with Gasteiger partial charge in [-0.2, -0.15) is 0 Å². The molecule has 1 aliphatic heterocycles. The molecular weight excluding hydrogens is 236 g/mol. The number of esters is 2. The maximum Gasteiger partial charge on any atom is 0.333 e. The van der Waals surface area contributed by atoms with Gasteiger partial charge in [0, 0.05) is 18.3 Å². The highest BCUT2D eigenvalue weighted by Crippen LogP contribution is 2.12. The Morgan fingerprint density at radius 3 is 2.50 bits per heavy atom. The first-order chi connectivity index (χ1) is 8.51. The molecular formula is C13H20O5. The van der Waals surface area contributed by atoms with E-state index in [-0.39, 0.29) is 12.1 Å². The highest BCUT2D eigenvalue weighted by atomic mass is 16.6. The van der Waals surface area contributed by atoms with E-state index < -0.39 is 5.97 Å². The molecule has 0 saturated carbocycles. The van der Waals surface area contributed by atoms with E-state index in [2.05, 4.69) is 17.9 Å². The maximum atomic E-state index is 10.9. The predicted molar refractivity (Wildman–Crippen MR) is 67.0 cm³/mol. The molecule has 0 spiro atoms. The average Bonchev–Trinajstić information content (AvgIpc) is 2.88. The lowest BCUT2D eigenvalue weighted by Gasteiger charge is -2.09. The summed E-state index contributed by atoms with van der Waals surface area (Å²) in [5, 5.41) is 0. The average molecular weight is 256 g/mol. The van der Waals surface area contributed by atoms with Crippen molar-refractivity contribution in [3.63, 3.8) is 0 Å². The van der Waals surface area contributed by atoms with Crippen molar-refractivity contribution in [1.82, 2.24) is 0 Å². The summed E-state index contributed by atoms with van der Waals surface area (Å²) in [6.45, 7) is 9.43. The van der Waals surface area contributed by atoms with Crippen LogP contribution in [0, 0.1) is 0 Å². The van der Waals surface area contributed by atoms with Crippen LogP contribution >= 0.6 is 0 Å². The second-order valence-electron chi connectivity index (χ2n) is 3.74. The van der Waals surface area contributed by atoms with Crippen molar-refractivity contribution in [2.24, 2.45) is 0 Å². The Bertz CT molecular complexity index is 303. The summed E-state index contributed by atoms with van der Waals surface area (Å²) < 4.78 is 14.3. The molecule has 0 aromatic heterocycles. The third-order valence-electron chi connectivity index (χ3n) is 2.14. The zero-order valence-electron chi connectivity index (χ0n) is 10.9. The molecule has 1 fully saturated rings. The fraction of sp³-hybridized carbons (Fsp3) is 0.538. The van der Waals surface area contributed by atoms with Crippen molar-refractivity contribution >= 4 is 11.9 Å². The molecule has 0 amide bonds. The summed E-state index contributed by atoms with van der Waals surface area (Å²) in [5.41, 5.74) is 0.438. The summed E-state index contributed by atoms with van der Waals surface area (Å²) >= 11 is 0. The minimum Gasteiger partial charge on any atom is -0.466 e. The lowest BCUT2D eigenvalue weighted by Crippen LogP contribution is -2.17. The third kappa shape index (κ3) is 7.62. The van der Waals surface area contributed by atoms with Crippen LogP contribution in [-0.2, 0) is 23.8 Å². The molecule has 1 heterocycles. The van der Waals surface area contributed by atoms with Gasteiger partial charge in [0.1, 0.15) is 6.61 Å². The van der Waals surface area contributed by atoms with Crippen LogP contribution in [0.4, 0.5) is 0 Å². The first-order valence-corrected chi connectivity index (χ1v) is 5.65. The number of methoxy groups -OCH3 is 1. The van der Waals surface area contributed by atoms with Gasteiger partial charge < -0.3 is 14.2 Å². The Kier molecular flexibility index (Phi) is 8.57. The fourth-order valence-electron chi connectivity index (χ4n) is 1.15. The molecule has 102 valence electrons. The molecule has 5 nitrogen and oxygen atoms in total. The largest absolute Gasteiger partial charge is 0.466 e. The zero-order valence-corrected chi connectivity index (χ0v) is 10.9. The molecule has 1 aliphatic rings. The van der Waals surface area contributed by atoms with E-state index in [4.69, 9.17) is 9.47 Å². The van der Waals surface area contributed by atoms with Gasteiger partial charge in [0.2, 0.25) is 0 Å². The van der Waals surface area contributed by atoms with E-state index in [1.165, 1.54) is 7.11 Å². The first-order valence-electron chi connectivity index (χ1n) is 5.65. The van der Waals surface area contributed by atoms with Crippen LogP contribution in [0.25, 0.3) is 0 Å². The van der Waals surface area contributed by atoms with E-state index in [1.807, 2.05) is 0 Å². The molecule has 1 atom stereocenters. The minimum atomic E-state index is -0.394. The fourth-order valence-corrected chi connectivity index (χ4v) is 1.15. The van der Waals surface area contributed by atoms with Crippen LogP contribution in [-0.4, -0.2) is 38.4 Å². The zero-order chi connectivity index (χ0) is 14.0. The normalized spacial score (nSPS) is 17.1. The van der Waals surface area contributed by atoms with E-state index in [9.17, 15) is 9.59 Å². The molecule has 18 heavy (non-hydrogen) atoms. The van der Waals surface area contributed by atoms with E-state index in [1.54, 1.807) is 6.92 Å². The summed E-state index contributed by atoms with van der Waals surface area (Å²) in [6.07, 6.45) is 3.27. The van der Waals surface area contributed by atoms with Crippen LogP contribution < -0.4 is 0 Å². The molecule has 0 bridgehead atoms. The standard InChI is InChI=1S/C9H14O3.C4H6O2/c1-7(2)9(10)12-6-8-4-3-5-11-8;1-3-4(5)6-2/h8H,1,3-6H2,2H3;3H,1H2,2H3. The number of ether oxygens (including phenoxy) is 3. The summed E-state index contributed by atoms with van der Waals surface area (Å²) in [4.78, 5) is 20.8. The summed E-state index contributed by atoms with van der Waals surface area (Å²) in [7, 11) is 1.31. The second-order valence-corrected chi connectivity index (χ2v) is 3.74. The van der Waals surface area contributed by atoms with E-state index in [0.717, 1.165) is 25.5 Å². The van der Waals surface area contributed by atoms with Crippen LogP contribution in [0.15, 0.2) is 24.8 Å². The Labute approximate surface area is 107 Å². The van der Waals surface area contributed by atoms with Crippen molar-refractivity contribution < 1.29 is 23.8 Å². The Hall–Kier alpha value is -1.62. The molecule has 0 radical (unpaired) electrons. The Morgan fingerprint density at radius 2 is 2.17 bits per heavy atom. The van der Waals surface area contributed by atoms with Gasteiger partial charge in [-0.25, -0.2) is 9.59 Å². The van der Waals surface area contributed by atoms with Crippen LogP contribution in [0.1, 0.15) is 19.8 Å². The number of hydrogen-bond acceptors (Lipinski definition) is 5. The molecule has 1 saturated heterocycles. The number of rotatable bonds is 4. The monoisotopic (exact) mass is 256 g/mol. The molecule has 0 N–H and O–H groups in total. The first kappa shape index (κ1) is 16.4. The maximum absolute atomic E-state index is 10.9. The van der Waals surface area contributed by atoms with E-state index >= 15 is 0 Å². The molecule has 5 heteroatoms. The quantitative estimate of drug-likeness (QED) is 0.565. The molecule has 0 aromatic rings. The Balaban J connectivity index is 0.000000411. The van der Waals surface area contributed by atoms with Crippen molar-refractivity contribution in [1.29, 1.82) is 0 Å². The van der Waals surface area contributed by atoms with Gasteiger partial charge in [0.25, 0.3) is 0 Å². The van der Waals surface area contributed by atoms with Gasteiger partial charge >= 0.3 is 11.9 Å². The number of carbonyl (C=O) groups excluding carboxylic acids is 2. The summed E-state index contributed by atoms with van der Waals surface area (Å²) in [6, 6.07) is 0. The van der Waals surface area contributed by atoms with Crippen LogP contribution in [0.2, 0.25) is 0 Å². The molecule has 1 unspecified atom stereocenters. The third-order valence-corrected chi connectivity index (χ3v) is 2.14. The van der Waals surface area contributed by atoms with Crippen molar-refractivity contribution in [3.8, 4) is 0 Å². The molecule has 1 rings (SSSR count). The highest BCUT2D eigenvalue weighted by Gasteiger charge is 2.17. The highest BCUT2D eigenvalue weighted by molar-refractivity contribution is 5.86. The molecule has 0 aromatic carbocycles. The van der Waals surface area contributed by atoms with Gasteiger partial charge in [-0.05, 0) is 19.8 Å². The van der Waals surface area contributed by atoms with Gasteiger partial charge in [-0.15, -0.1) is 0 Å². The van der Waals surface area contributed by atoms with Crippen LogP contribution in [0.3, 0.4) is 0 Å². The predicted octanol–water partition coefficient (Wildman–Crippen LogP) is 1.63. The Morgan fingerprint density at radius 1 is 1.50 bits per heavy atom. The van der Waals surface area contributed by atoms with Gasteiger partial charge in [-0.1, -0.05) is 13.2 Å². The van der Waals surface area contributed by atoms with Crippen molar-refractivity contribution in [2.75, 3.05) is 20.3 Å². The number of carbonyl (C=O) groups is 2. The lowest BCUT2D eigenvalue weighted by molar-refractivity contribution is -0.142. The number of hydrogen-bond donors (Lipinski definition) is 0. The van der Waals surface area contributed by atoms with Gasteiger partial charge in [0.15, 0.2) is 0 Å². The van der Waals surface area contributed by atoms with Crippen molar-refractivity contribution in [3.05, 3.63) is 24.8 Å². The van der Waals surface area contributed by atoms with Gasteiger partial charge in [0.05, 0.1) is 13.2 Å². The molecule has 0 aliphatic carbocycles.